The summed E-state index contributed by atoms with van der Waals surface area (Å²) in [6.07, 6.45) is -7.43. The summed E-state index contributed by atoms with van der Waals surface area (Å²) in [5.41, 5.74) is -1.52. The van der Waals surface area contributed by atoms with Crippen molar-refractivity contribution in [2.24, 2.45) is 0 Å². The third-order valence-corrected chi connectivity index (χ3v) is 5.04. The molecule has 0 amide bonds. The molecule has 0 aliphatic carbocycles. The number of hydrogen-bond donors (Lipinski definition) is 0. The van der Waals surface area contributed by atoms with Gasteiger partial charge in [-0.15, -0.1) is 0 Å². The second-order valence-corrected chi connectivity index (χ2v) is 7.17. The summed E-state index contributed by atoms with van der Waals surface area (Å²) in [6.45, 7) is 0. The van der Waals surface area contributed by atoms with E-state index >= 15 is 0 Å². The Morgan fingerprint density at radius 1 is 1.19 bits per heavy atom. The molecule has 0 saturated heterocycles. The zero-order valence-corrected chi connectivity index (χ0v) is 13.7. The van der Waals surface area contributed by atoms with Crippen LogP contribution in [0.3, 0.4) is 0 Å². The van der Waals surface area contributed by atoms with Gasteiger partial charge in [-0.1, -0.05) is 50.9 Å². The Labute approximate surface area is 139 Å². The van der Waals surface area contributed by atoms with Crippen LogP contribution in [0.15, 0.2) is 23.2 Å². The van der Waals surface area contributed by atoms with Gasteiger partial charge in [0.05, 0.1) is 27.0 Å². The molecule has 2 rings (SSSR count). The van der Waals surface area contributed by atoms with Gasteiger partial charge in [-0.3, -0.25) is 0 Å². The van der Waals surface area contributed by atoms with E-state index in [2.05, 4.69) is 15.9 Å². The van der Waals surface area contributed by atoms with Crippen LogP contribution >= 0.6 is 50.9 Å². The highest BCUT2D eigenvalue weighted by Gasteiger charge is 2.37. The monoisotopic (exact) mass is 427 g/mol. The first-order valence-electron chi connectivity index (χ1n) is 5.26. The molecular weight excluding hydrogens is 424 g/mol. The smallest absolute Gasteiger partial charge is 0.314 e. The van der Waals surface area contributed by atoms with Crippen molar-refractivity contribution in [1.82, 2.24) is 0 Å². The molecule has 21 heavy (non-hydrogen) atoms. The van der Waals surface area contributed by atoms with Crippen molar-refractivity contribution in [1.29, 1.82) is 0 Å². The lowest BCUT2D eigenvalue weighted by atomic mass is 10.2. The molecule has 0 spiro atoms. The van der Waals surface area contributed by atoms with E-state index in [1.807, 2.05) is 0 Å². The summed E-state index contributed by atoms with van der Waals surface area (Å²) in [6, 6.07) is 1.32. The van der Waals surface area contributed by atoms with E-state index in [4.69, 9.17) is 23.2 Å². The molecule has 1 atom stereocenters. The molecule has 1 aromatic rings. The summed E-state index contributed by atoms with van der Waals surface area (Å²) in [4.78, 5) is 1.07. The first-order valence-corrected chi connectivity index (χ1v) is 7.87. The Kier molecular flexibility index (Phi) is 5.02. The fourth-order valence-electron chi connectivity index (χ4n) is 1.71. The molecule has 1 aliphatic rings. The highest BCUT2D eigenvalue weighted by Crippen LogP contribution is 2.48. The minimum atomic E-state index is -4.62. The van der Waals surface area contributed by atoms with Crippen molar-refractivity contribution in [3.63, 3.8) is 0 Å². The van der Waals surface area contributed by atoms with Crippen LogP contribution in [0.5, 0.6) is 0 Å². The predicted molar refractivity (Wildman–Crippen MR) is 78.3 cm³/mol. The summed E-state index contributed by atoms with van der Waals surface area (Å²) in [5.74, 6) is 0. The van der Waals surface area contributed by atoms with E-state index in [9.17, 15) is 22.0 Å². The number of halogens is 8. The quantitative estimate of drug-likeness (QED) is 0.306. The average Bonchev–Trinajstić information content (AvgIpc) is 2.69. The zero-order valence-electron chi connectivity index (χ0n) is 9.77. The Morgan fingerprint density at radius 3 is 2.14 bits per heavy atom. The minimum absolute atomic E-state index is 0.0928. The van der Waals surface area contributed by atoms with Crippen LogP contribution in [0.2, 0.25) is 10.0 Å². The fraction of sp³-hybridized carbons (Fsp3) is 0.273. The molecule has 0 N–H and O–H groups in total. The van der Waals surface area contributed by atoms with Gasteiger partial charge >= 0.3 is 6.18 Å². The highest BCUT2D eigenvalue weighted by atomic mass is 79.9. The van der Waals surface area contributed by atoms with E-state index in [0.717, 1.165) is 16.7 Å². The van der Waals surface area contributed by atoms with Crippen LogP contribution in [-0.4, -0.2) is 10.7 Å². The van der Waals surface area contributed by atoms with E-state index in [1.165, 1.54) is 5.41 Å². The largest absolute Gasteiger partial charge is 0.416 e. The van der Waals surface area contributed by atoms with Gasteiger partial charge in [-0.05, 0) is 17.5 Å². The number of hydrogen-bond acceptors (Lipinski definition) is 2. The molecule has 1 unspecified atom stereocenters. The van der Waals surface area contributed by atoms with Crippen molar-refractivity contribution in [3.8, 4) is 0 Å². The molecule has 0 radical (unpaired) electrons. The van der Waals surface area contributed by atoms with Crippen molar-refractivity contribution < 1.29 is 22.0 Å². The van der Waals surface area contributed by atoms with Gasteiger partial charge < -0.3 is 4.90 Å². The molecule has 1 heterocycles. The molecule has 0 fully saturated rings. The summed E-state index contributed by atoms with van der Waals surface area (Å²) < 4.78 is 63.3. The normalized spacial score (nSPS) is 19.4. The maximum absolute atomic E-state index is 13.0. The number of anilines is 1. The van der Waals surface area contributed by atoms with Crippen LogP contribution in [0.1, 0.15) is 5.56 Å². The summed E-state index contributed by atoms with van der Waals surface area (Å²) >= 11 is 15.8. The van der Waals surface area contributed by atoms with E-state index in [0.29, 0.717) is 12.1 Å². The lowest BCUT2D eigenvalue weighted by Gasteiger charge is -2.27. The molecule has 0 bridgehead atoms. The van der Waals surface area contributed by atoms with Crippen molar-refractivity contribution in [2.45, 2.75) is 16.9 Å². The standard InChI is InChI=1S/C11H5BrCl2F5NS/c12-10-20(7(3-21-10)9(15)16)8-5(13)1-4(2-6(8)14)11(17,18)19/h1-3,9-10H. The molecule has 0 aromatic heterocycles. The molecule has 116 valence electrons. The van der Waals surface area contributed by atoms with Crippen LogP contribution in [-0.2, 0) is 6.18 Å². The van der Waals surface area contributed by atoms with Gasteiger partial charge in [0.15, 0.2) is 0 Å². The van der Waals surface area contributed by atoms with Crippen molar-refractivity contribution >= 4 is 56.6 Å². The molecule has 10 heteroatoms. The number of alkyl halides is 6. The topological polar surface area (TPSA) is 3.24 Å². The van der Waals surface area contributed by atoms with Crippen LogP contribution in [0.25, 0.3) is 0 Å². The number of thioether (sulfide) groups is 1. The highest BCUT2D eigenvalue weighted by molar-refractivity contribution is 9.11. The SMILES string of the molecule is FC(F)C1=CSC(Br)N1c1c(Cl)cc(C(F)(F)F)cc1Cl. The van der Waals surface area contributed by atoms with E-state index in [-0.39, 0.29) is 21.4 Å². The van der Waals surface area contributed by atoms with Crippen molar-refractivity contribution in [3.05, 3.63) is 38.8 Å². The van der Waals surface area contributed by atoms with E-state index in [1.54, 1.807) is 0 Å². The molecule has 0 saturated carbocycles. The van der Waals surface area contributed by atoms with Gasteiger partial charge in [0.2, 0.25) is 0 Å². The molecule has 1 aliphatic heterocycles. The Morgan fingerprint density at radius 2 is 1.71 bits per heavy atom. The number of benzene rings is 1. The van der Waals surface area contributed by atoms with Gasteiger partial charge in [0, 0.05) is 0 Å². The first-order chi connectivity index (χ1) is 9.62. The first kappa shape index (κ1) is 17.2. The van der Waals surface area contributed by atoms with Crippen LogP contribution in [0, 0.1) is 0 Å². The van der Waals surface area contributed by atoms with Crippen LogP contribution < -0.4 is 4.90 Å². The maximum Gasteiger partial charge on any atom is 0.416 e. The number of nitrogens with zero attached hydrogens (tertiary/aromatic N) is 1. The lowest BCUT2D eigenvalue weighted by molar-refractivity contribution is -0.137. The second-order valence-electron chi connectivity index (χ2n) is 3.93. The second kappa shape index (κ2) is 6.14. The fourth-order valence-corrected chi connectivity index (χ4v) is 3.96. The Bertz CT molecular complexity index is 569. The summed E-state index contributed by atoms with van der Waals surface area (Å²) in [7, 11) is 0. The lowest BCUT2D eigenvalue weighted by Crippen LogP contribution is -2.27. The van der Waals surface area contributed by atoms with Gasteiger partial charge in [0.1, 0.15) is 4.28 Å². The maximum atomic E-state index is 13.0. The van der Waals surface area contributed by atoms with Crippen molar-refractivity contribution in [2.75, 3.05) is 4.90 Å². The number of rotatable bonds is 2. The summed E-state index contributed by atoms with van der Waals surface area (Å²) in [5, 5.41) is 0.496. The predicted octanol–water partition coefficient (Wildman–Crippen LogP) is 6.35. The van der Waals surface area contributed by atoms with Crippen LogP contribution in [0.4, 0.5) is 27.6 Å². The molecule has 1 aromatic carbocycles. The third-order valence-electron chi connectivity index (χ3n) is 2.59. The van der Waals surface area contributed by atoms with Gasteiger partial charge in [0.25, 0.3) is 6.43 Å². The minimum Gasteiger partial charge on any atom is -0.314 e. The molecular formula is C11H5BrCl2F5NS. The van der Waals surface area contributed by atoms with Gasteiger partial charge in [-0.2, -0.15) is 13.2 Å². The van der Waals surface area contributed by atoms with Gasteiger partial charge in [-0.25, -0.2) is 8.78 Å². The third kappa shape index (κ3) is 3.43. The Hall–Kier alpha value is -0.180. The zero-order chi connectivity index (χ0) is 15.9. The average molecular weight is 429 g/mol. The van der Waals surface area contributed by atoms with E-state index < -0.39 is 22.4 Å². The Balaban J connectivity index is 2.52. The molecule has 1 nitrogen and oxygen atoms in total. The number of allylic oxidation sites excluding steroid dienone is 1.